The fourth-order valence-electron chi connectivity index (χ4n) is 3.35. The van der Waals surface area contributed by atoms with Crippen LogP contribution < -0.4 is 0 Å². The molecule has 0 aliphatic rings. The van der Waals surface area contributed by atoms with Crippen molar-refractivity contribution in [3.63, 3.8) is 0 Å². The van der Waals surface area contributed by atoms with E-state index in [4.69, 9.17) is 4.43 Å². The summed E-state index contributed by atoms with van der Waals surface area (Å²) in [5.74, 6) is 0. The lowest BCUT2D eigenvalue weighted by Crippen LogP contribution is -2.49. The van der Waals surface area contributed by atoms with Gasteiger partial charge in [0.25, 0.3) is 0 Å². The fraction of sp³-hybridized carbons (Fsp3) is 1.00. The molecule has 21 heavy (non-hydrogen) atoms. The minimum absolute atomic E-state index is 0.304. The first-order valence-electron chi connectivity index (χ1n) is 8.07. The number of rotatable bonds is 11. The Bertz CT molecular complexity index is 252. The van der Waals surface area contributed by atoms with Crippen LogP contribution in [0.25, 0.3) is 0 Å². The molecule has 1 unspecified atom stereocenters. The molecule has 0 radical (unpaired) electrons. The first-order chi connectivity index (χ1) is 9.58. The average Bonchev–Trinajstić information content (AvgIpc) is 2.33. The summed E-state index contributed by atoms with van der Waals surface area (Å²) in [6.45, 7) is 8.03. The summed E-state index contributed by atoms with van der Waals surface area (Å²) in [6.07, 6.45) is 1.24. The van der Waals surface area contributed by atoms with Crippen LogP contribution in [0.5, 0.6) is 0 Å². The topological polar surface area (TPSA) is 19.0 Å². The van der Waals surface area contributed by atoms with Crippen LogP contribution in [0.15, 0.2) is 0 Å². The Morgan fingerprint density at radius 2 is 1.24 bits per heavy atom. The van der Waals surface area contributed by atoms with Crippen molar-refractivity contribution >= 4 is 8.32 Å². The molecule has 0 rings (SSSR count). The van der Waals surface area contributed by atoms with Gasteiger partial charge in [-0.15, -0.1) is 0 Å². The summed E-state index contributed by atoms with van der Waals surface area (Å²) in [4.78, 5) is 7.01. The van der Waals surface area contributed by atoms with Gasteiger partial charge in [0.15, 0.2) is 8.32 Å². The normalized spacial score (nSPS) is 16.0. The van der Waals surface area contributed by atoms with Crippen LogP contribution in [0, 0.1) is 5.41 Å². The highest BCUT2D eigenvalue weighted by Crippen LogP contribution is 2.31. The zero-order valence-corrected chi connectivity index (χ0v) is 17.0. The predicted molar refractivity (Wildman–Crippen MR) is 96.6 cm³/mol. The molecule has 0 bridgehead atoms. The van der Waals surface area contributed by atoms with Gasteiger partial charge < -0.3 is 19.1 Å². The molecule has 1 atom stereocenters. The van der Waals surface area contributed by atoms with E-state index in [0.717, 1.165) is 19.6 Å². The summed E-state index contributed by atoms with van der Waals surface area (Å²) in [5, 5.41) is 0. The van der Waals surface area contributed by atoms with Crippen molar-refractivity contribution in [1.29, 1.82) is 0 Å². The Labute approximate surface area is 134 Å². The molecule has 0 aliphatic carbocycles. The average molecular weight is 318 g/mol. The van der Waals surface area contributed by atoms with E-state index in [1.807, 2.05) is 7.11 Å². The van der Waals surface area contributed by atoms with Crippen molar-refractivity contribution in [1.82, 2.24) is 14.7 Å². The summed E-state index contributed by atoms with van der Waals surface area (Å²) >= 11 is 0. The zero-order valence-electron chi connectivity index (χ0n) is 16.0. The number of hydrogen-bond acceptors (Lipinski definition) is 4. The minimum atomic E-state index is -1.52. The molecule has 0 aromatic carbocycles. The largest absolute Gasteiger partial charge is 0.420 e. The van der Waals surface area contributed by atoms with Crippen LogP contribution in [-0.4, -0.2) is 92.0 Å². The third-order valence-electron chi connectivity index (χ3n) is 4.38. The van der Waals surface area contributed by atoms with Gasteiger partial charge in [-0.2, -0.15) is 0 Å². The number of hydrogen-bond donors (Lipinski definition) is 0. The van der Waals surface area contributed by atoms with E-state index in [1.54, 1.807) is 0 Å². The lowest BCUT2D eigenvalue weighted by molar-refractivity contribution is 0.0994. The Morgan fingerprint density at radius 3 is 1.48 bits per heavy atom. The van der Waals surface area contributed by atoms with Crippen molar-refractivity contribution in [3.8, 4) is 0 Å². The molecule has 0 amide bonds. The molecular weight excluding hydrogens is 278 g/mol. The van der Waals surface area contributed by atoms with Crippen LogP contribution >= 0.6 is 0 Å². The summed E-state index contributed by atoms with van der Waals surface area (Å²) < 4.78 is 5.90. The molecule has 0 fully saturated rings. The van der Waals surface area contributed by atoms with Gasteiger partial charge in [-0.25, -0.2) is 0 Å². The van der Waals surface area contributed by atoms with Crippen LogP contribution in [0.4, 0.5) is 0 Å². The second kappa shape index (κ2) is 9.25. The maximum atomic E-state index is 5.90. The van der Waals surface area contributed by atoms with Gasteiger partial charge in [0.2, 0.25) is 0 Å². The van der Waals surface area contributed by atoms with Gasteiger partial charge in [0, 0.05) is 32.2 Å². The van der Waals surface area contributed by atoms with Gasteiger partial charge in [0.1, 0.15) is 0 Å². The van der Waals surface area contributed by atoms with Gasteiger partial charge in [-0.05, 0) is 67.3 Å². The molecule has 0 saturated carbocycles. The standard InChI is InChI=1S/C16H39N3OSi/c1-10-21(9,20-8)12-11-16(13-17(2)3,14-18(4)5)15-19(6)7/h10-15H2,1-9H3. The molecule has 4 nitrogen and oxygen atoms in total. The van der Waals surface area contributed by atoms with E-state index < -0.39 is 8.32 Å². The molecule has 0 aromatic heterocycles. The van der Waals surface area contributed by atoms with E-state index in [-0.39, 0.29) is 0 Å². The van der Waals surface area contributed by atoms with Crippen molar-refractivity contribution in [2.75, 3.05) is 69.0 Å². The van der Waals surface area contributed by atoms with Crippen LogP contribution in [0.3, 0.4) is 0 Å². The van der Waals surface area contributed by atoms with E-state index in [9.17, 15) is 0 Å². The van der Waals surface area contributed by atoms with E-state index in [2.05, 4.69) is 70.5 Å². The molecule has 128 valence electrons. The van der Waals surface area contributed by atoms with Crippen molar-refractivity contribution < 1.29 is 4.43 Å². The van der Waals surface area contributed by atoms with Crippen molar-refractivity contribution in [2.45, 2.75) is 32.0 Å². The Balaban J connectivity index is 5.13. The molecular formula is C16H39N3OSi. The Kier molecular flexibility index (Phi) is 9.28. The highest BCUT2D eigenvalue weighted by molar-refractivity contribution is 6.72. The minimum Gasteiger partial charge on any atom is -0.420 e. The van der Waals surface area contributed by atoms with Crippen molar-refractivity contribution in [3.05, 3.63) is 0 Å². The van der Waals surface area contributed by atoms with Gasteiger partial charge in [-0.3, -0.25) is 0 Å². The molecule has 0 spiro atoms. The van der Waals surface area contributed by atoms with Crippen LogP contribution in [0.1, 0.15) is 13.3 Å². The predicted octanol–water partition coefficient (Wildman–Crippen LogP) is 2.29. The third kappa shape index (κ3) is 8.31. The van der Waals surface area contributed by atoms with E-state index in [0.29, 0.717) is 5.41 Å². The van der Waals surface area contributed by atoms with E-state index >= 15 is 0 Å². The molecule has 0 N–H and O–H groups in total. The van der Waals surface area contributed by atoms with Crippen molar-refractivity contribution in [2.24, 2.45) is 5.41 Å². The molecule has 0 aliphatic heterocycles. The molecule has 0 saturated heterocycles. The Morgan fingerprint density at radius 1 is 0.857 bits per heavy atom. The Hall–Kier alpha value is 0.0569. The second-order valence-corrected chi connectivity index (χ2v) is 12.2. The molecule has 5 heteroatoms. The first kappa shape index (κ1) is 21.1. The smallest absolute Gasteiger partial charge is 0.189 e. The zero-order chi connectivity index (χ0) is 16.7. The lowest BCUT2D eigenvalue weighted by Gasteiger charge is -2.42. The van der Waals surface area contributed by atoms with Gasteiger partial charge in [-0.1, -0.05) is 6.92 Å². The summed E-state index contributed by atoms with van der Waals surface area (Å²) in [5.41, 5.74) is 0.304. The lowest BCUT2D eigenvalue weighted by atomic mass is 9.83. The number of nitrogens with zero attached hydrogens (tertiary/aromatic N) is 3. The second-order valence-electron chi connectivity index (χ2n) is 7.72. The maximum absolute atomic E-state index is 5.90. The molecule has 0 heterocycles. The summed E-state index contributed by atoms with van der Waals surface area (Å²) in [7, 11) is 13.5. The summed E-state index contributed by atoms with van der Waals surface area (Å²) in [6, 6.07) is 2.45. The van der Waals surface area contributed by atoms with E-state index in [1.165, 1.54) is 18.5 Å². The highest BCUT2D eigenvalue weighted by Gasteiger charge is 2.36. The quantitative estimate of drug-likeness (QED) is 0.544. The third-order valence-corrected chi connectivity index (χ3v) is 8.17. The molecule has 0 aromatic rings. The maximum Gasteiger partial charge on any atom is 0.189 e. The van der Waals surface area contributed by atoms with Gasteiger partial charge >= 0.3 is 0 Å². The first-order valence-corrected chi connectivity index (χ1v) is 10.9. The monoisotopic (exact) mass is 317 g/mol. The fourth-order valence-corrected chi connectivity index (χ4v) is 5.26. The van der Waals surface area contributed by atoms with Gasteiger partial charge in [0.05, 0.1) is 0 Å². The SMILES string of the molecule is CC[Si](C)(CCC(CN(C)C)(CN(C)C)CN(C)C)OC. The van der Waals surface area contributed by atoms with Crippen LogP contribution in [-0.2, 0) is 4.43 Å². The van der Waals surface area contributed by atoms with Crippen LogP contribution in [0.2, 0.25) is 18.6 Å². The highest BCUT2D eigenvalue weighted by atomic mass is 28.4.